The Labute approximate surface area is 117 Å². The second-order valence-corrected chi connectivity index (χ2v) is 4.71. The predicted octanol–water partition coefficient (Wildman–Crippen LogP) is 2.48. The third-order valence-corrected chi connectivity index (χ3v) is 3.13. The van der Waals surface area contributed by atoms with E-state index in [2.05, 4.69) is 0 Å². The first-order chi connectivity index (χ1) is 9.58. The maximum atomic E-state index is 12.8. The maximum Gasteiger partial charge on any atom is 0.244 e. The first kappa shape index (κ1) is 14.2. The van der Waals surface area contributed by atoms with Crippen LogP contribution in [0.2, 0.25) is 0 Å². The van der Waals surface area contributed by atoms with Gasteiger partial charge >= 0.3 is 0 Å². The molecular formula is C16H17FN2O. The Morgan fingerprint density at radius 2 is 1.75 bits per heavy atom. The summed E-state index contributed by atoms with van der Waals surface area (Å²) in [7, 11) is 1.69. The van der Waals surface area contributed by atoms with Crippen molar-refractivity contribution in [2.75, 3.05) is 7.05 Å². The summed E-state index contributed by atoms with van der Waals surface area (Å²) in [5, 5.41) is 0. The van der Waals surface area contributed by atoms with Crippen LogP contribution in [0.15, 0.2) is 54.6 Å². The molecule has 1 amide bonds. The van der Waals surface area contributed by atoms with Crippen LogP contribution in [0.4, 0.5) is 4.39 Å². The van der Waals surface area contributed by atoms with Gasteiger partial charge in [0.1, 0.15) is 11.9 Å². The van der Waals surface area contributed by atoms with Crippen LogP contribution in [0.5, 0.6) is 0 Å². The number of nitrogens with zero attached hydrogens (tertiary/aromatic N) is 1. The molecule has 20 heavy (non-hydrogen) atoms. The van der Waals surface area contributed by atoms with Gasteiger partial charge in [-0.3, -0.25) is 4.79 Å². The van der Waals surface area contributed by atoms with E-state index in [4.69, 9.17) is 5.73 Å². The Bertz CT molecular complexity index is 569. The van der Waals surface area contributed by atoms with Crippen LogP contribution in [-0.4, -0.2) is 17.9 Å². The number of benzene rings is 2. The minimum absolute atomic E-state index is 0.166. The molecule has 104 valence electrons. The standard InChI is InChI=1S/C16H17FN2O/c1-19(11-12-7-9-14(17)10-8-12)16(20)15(18)13-5-3-2-4-6-13/h2-10,15H,11,18H2,1H3/t15-/m1/s1. The lowest BCUT2D eigenvalue weighted by atomic mass is 10.1. The monoisotopic (exact) mass is 272 g/mol. The smallest absolute Gasteiger partial charge is 0.244 e. The van der Waals surface area contributed by atoms with E-state index in [9.17, 15) is 9.18 Å². The SMILES string of the molecule is CN(Cc1ccc(F)cc1)C(=O)[C@H](N)c1ccccc1. The summed E-state index contributed by atoms with van der Waals surface area (Å²) in [5.74, 6) is -0.454. The summed E-state index contributed by atoms with van der Waals surface area (Å²) in [6, 6.07) is 14.6. The van der Waals surface area contributed by atoms with Gasteiger partial charge in [0.2, 0.25) is 5.91 Å². The van der Waals surface area contributed by atoms with Crippen LogP contribution in [0.3, 0.4) is 0 Å². The number of hydrogen-bond acceptors (Lipinski definition) is 2. The van der Waals surface area contributed by atoms with Crippen molar-refractivity contribution >= 4 is 5.91 Å². The minimum Gasteiger partial charge on any atom is -0.340 e. The number of carbonyl (C=O) groups excluding carboxylic acids is 1. The van der Waals surface area contributed by atoms with Crippen LogP contribution in [0.25, 0.3) is 0 Å². The molecule has 0 spiro atoms. The van der Waals surface area contributed by atoms with Crippen LogP contribution >= 0.6 is 0 Å². The molecule has 0 bridgehead atoms. The summed E-state index contributed by atoms with van der Waals surface area (Å²) >= 11 is 0. The lowest BCUT2D eigenvalue weighted by Gasteiger charge is -2.21. The quantitative estimate of drug-likeness (QED) is 0.929. The number of halogens is 1. The number of rotatable bonds is 4. The molecule has 2 aromatic carbocycles. The fourth-order valence-electron chi connectivity index (χ4n) is 1.98. The molecule has 3 nitrogen and oxygen atoms in total. The van der Waals surface area contributed by atoms with Crippen molar-refractivity contribution in [2.24, 2.45) is 5.73 Å². The van der Waals surface area contributed by atoms with E-state index in [1.54, 1.807) is 24.1 Å². The molecule has 0 fully saturated rings. The molecule has 0 aromatic heterocycles. The summed E-state index contributed by atoms with van der Waals surface area (Å²) in [4.78, 5) is 13.8. The molecule has 4 heteroatoms. The first-order valence-electron chi connectivity index (χ1n) is 6.38. The molecule has 2 rings (SSSR count). The van der Waals surface area contributed by atoms with Crippen molar-refractivity contribution in [2.45, 2.75) is 12.6 Å². The van der Waals surface area contributed by atoms with Gasteiger partial charge in [-0.15, -0.1) is 0 Å². The number of carbonyl (C=O) groups is 1. The van der Waals surface area contributed by atoms with E-state index in [1.165, 1.54) is 12.1 Å². The highest BCUT2D eigenvalue weighted by molar-refractivity contribution is 5.82. The lowest BCUT2D eigenvalue weighted by molar-refractivity contribution is -0.131. The molecular weight excluding hydrogens is 255 g/mol. The van der Waals surface area contributed by atoms with Gasteiger partial charge in [0.15, 0.2) is 0 Å². The second kappa shape index (κ2) is 6.30. The Kier molecular flexibility index (Phi) is 4.48. The molecule has 0 saturated carbocycles. The van der Waals surface area contributed by atoms with Gasteiger partial charge in [-0.05, 0) is 23.3 Å². The zero-order valence-electron chi connectivity index (χ0n) is 11.3. The zero-order valence-corrected chi connectivity index (χ0v) is 11.3. The van der Waals surface area contributed by atoms with Crippen molar-refractivity contribution in [3.05, 3.63) is 71.5 Å². The Balaban J connectivity index is 2.03. The van der Waals surface area contributed by atoms with Crippen LogP contribution in [0.1, 0.15) is 17.2 Å². The normalized spacial score (nSPS) is 11.9. The highest BCUT2D eigenvalue weighted by Gasteiger charge is 2.19. The van der Waals surface area contributed by atoms with E-state index >= 15 is 0 Å². The molecule has 0 radical (unpaired) electrons. The summed E-state index contributed by atoms with van der Waals surface area (Å²) in [6.07, 6.45) is 0. The largest absolute Gasteiger partial charge is 0.340 e. The molecule has 0 aliphatic rings. The zero-order chi connectivity index (χ0) is 14.5. The fraction of sp³-hybridized carbons (Fsp3) is 0.188. The fourth-order valence-corrected chi connectivity index (χ4v) is 1.98. The maximum absolute atomic E-state index is 12.8. The van der Waals surface area contributed by atoms with E-state index in [0.717, 1.165) is 11.1 Å². The molecule has 2 aromatic rings. The summed E-state index contributed by atoms with van der Waals surface area (Å²) < 4.78 is 12.8. The number of amides is 1. The van der Waals surface area contributed by atoms with Gasteiger partial charge in [-0.25, -0.2) is 4.39 Å². The summed E-state index contributed by atoms with van der Waals surface area (Å²) in [5.41, 5.74) is 7.61. The third kappa shape index (κ3) is 3.42. The molecule has 0 unspecified atom stereocenters. The molecule has 0 saturated heterocycles. The number of likely N-dealkylation sites (N-methyl/N-ethyl adjacent to an activating group) is 1. The Morgan fingerprint density at radius 1 is 1.15 bits per heavy atom. The van der Waals surface area contributed by atoms with Gasteiger partial charge in [-0.2, -0.15) is 0 Å². The highest BCUT2D eigenvalue weighted by atomic mass is 19.1. The number of nitrogens with two attached hydrogens (primary N) is 1. The van der Waals surface area contributed by atoms with Crippen molar-refractivity contribution in [1.29, 1.82) is 0 Å². The van der Waals surface area contributed by atoms with E-state index in [0.29, 0.717) is 6.54 Å². The molecule has 1 atom stereocenters. The minimum atomic E-state index is -0.679. The first-order valence-corrected chi connectivity index (χ1v) is 6.38. The van der Waals surface area contributed by atoms with E-state index < -0.39 is 6.04 Å². The molecule has 2 N–H and O–H groups in total. The van der Waals surface area contributed by atoms with Crippen LogP contribution < -0.4 is 5.73 Å². The predicted molar refractivity (Wildman–Crippen MR) is 76.2 cm³/mol. The number of hydrogen-bond donors (Lipinski definition) is 1. The van der Waals surface area contributed by atoms with E-state index in [1.807, 2.05) is 30.3 Å². The van der Waals surface area contributed by atoms with Crippen molar-refractivity contribution in [1.82, 2.24) is 4.90 Å². The molecule has 0 aliphatic carbocycles. The second-order valence-electron chi connectivity index (χ2n) is 4.71. The topological polar surface area (TPSA) is 46.3 Å². The van der Waals surface area contributed by atoms with Crippen molar-refractivity contribution in [3.63, 3.8) is 0 Å². The van der Waals surface area contributed by atoms with Gasteiger partial charge in [-0.1, -0.05) is 42.5 Å². The van der Waals surface area contributed by atoms with Gasteiger partial charge in [0, 0.05) is 13.6 Å². The third-order valence-electron chi connectivity index (χ3n) is 3.13. The van der Waals surface area contributed by atoms with Crippen LogP contribution in [0, 0.1) is 5.82 Å². The van der Waals surface area contributed by atoms with E-state index in [-0.39, 0.29) is 11.7 Å². The average molecular weight is 272 g/mol. The highest BCUT2D eigenvalue weighted by Crippen LogP contribution is 2.14. The molecule has 0 aliphatic heterocycles. The van der Waals surface area contributed by atoms with Crippen LogP contribution in [-0.2, 0) is 11.3 Å². The Hall–Kier alpha value is -2.20. The van der Waals surface area contributed by atoms with Gasteiger partial charge in [0.05, 0.1) is 0 Å². The molecule has 0 heterocycles. The lowest BCUT2D eigenvalue weighted by Crippen LogP contribution is -2.35. The summed E-state index contributed by atoms with van der Waals surface area (Å²) in [6.45, 7) is 0.402. The van der Waals surface area contributed by atoms with Gasteiger partial charge < -0.3 is 10.6 Å². The van der Waals surface area contributed by atoms with Gasteiger partial charge in [0.25, 0.3) is 0 Å². The van der Waals surface area contributed by atoms with Crippen molar-refractivity contribution in [3.8, 4) is 0 Å². The Morgan fingerprint density at radius 3 is 2.35 bits per heavy atom. The van der Waals surface area contributed by atoms with Crippen molar-refractivity contribution < 1.29 is 9.18 Å². The average Bonchev–Trinajstić information content (AvgIpc) is 2.49.